The van der Waals surface area contributed by atoms with E-state index >= 15 is 0 Å². The molecule has 0 unspecified atom stereocenters. The maximum Gasteiger partial charge on any atom is 0.414 e. The highest BCUT2D eigenvalue weighted by atomic mass is 16.6. The molecule has 2 saturated heterocycles. The highest BCUT2D eigenvalue weighted by molar-refractivity contribution is 5.89. The van der Waals surface area contributed by atoms with Crippen LogP contribution in [0.25, 0.3) is 0 Å². The first kappa shape index (κ1) is 20.2. The molecule has 0 aliphatic carbocycles. The standard InChI is InChI=1S/C23H27N3O4/c1-17(27)24-18-7-9-20(10-8-18)29-21-11-13-25(14-12-21)15-22-16-26(23(28)30-22)19-5-3-2-4-6-19/h2-10,21-22H,11-16H2,1H3,(H,24,27)/t22-/m0/s1. The maximum atomic E-state index is 12.2. The minimum Gasteiger partial charge on any atom is -0.490 e. The van der Waals surface area contributed by atoms with E-state index in [0.29, 0.717) is 6.54 Å². The Labute approximate surface area is 176 Å². The molecule has 0 bridgehead atoms. The summed E-state index contributed by atoms with van der Waals surface area (Å²) in [5.41, 5.74) is 1.64. The number of anilines is 2. The minimum absolute atomic E-state index is 0.0872. The number of ether oxygens (including phenoxy) is 2. The topological polar surface area (TPSA) is 71.1 Å². The summed E-state index contributed by atoms with van der Waals surface area (Å²) in [6.45, 7) is 4.64. The number of nitrogens with one attached hydrogen (secondary N) is 1. The summed E-state index contributed by atoms with van der Waals surface area (Å²) in [7, 11) is 0. The predicted molar refractivity (Wildman–Crippen MR) is 115 cm³/mol. The summed E-state index contributed by atoms with van der Waals surface area (Å²) in [6.07, 6.45) is 1.64. The van der Waals surface area contributed by atoms with Crippen molar-refractivity contribution in [1.29, 1.82) is 0 Å². The van der Waals surface area contributed by atoms with Gasteiger partial charge in [-0.25, -0.2) is 4.79 Å². The minimum atomic E-state index is -0.271. The van der Waals surface area contributed by atoms with Crippen molar-refractivity contribution < 1.29 is 19.1 Å². The summed E-state index contributed by atoms with van der Waals surface area (Å²) in [6, 6.07) is 17.1. The summed E-state index contributed by atoms with van der Waals surface area (Å²) in [5, 5.41) is 2.75. The van der Waals surface area contributed by atoms with Gasteiger partial charge in [0.1, 0.15) is 18.0 Å². The molecule has 2 fully saturated rings. The summed E-state index contributed by atoms with van der Waals surface area (Å²) >= 11 is 0. The van der Waals surface area contributed by atoms with E-state index < -0.39 is 0 Å². The van der Waals surface area contributed by atoms with Gasteiger partial charge in [0.25, 0.3) is 0 Å². The van der Waals surface area contributed by atoms with Crippen LogP contribution in [-0.2, 0) is 9.53 Å². The molecule has 2 amide bonds. The van der Waals surface area contributed by atoms with Crippen LogP contribution in [0.5, 0.6) is 5.75 Å². The predicted octanol–water partition coefficient (Wildman–Crippen LogP) is 3.51. The van der Waals surface area contributed by atoms with Crippen LogP contribution in [0, 0.1) is 0 Å². The molecular weight excluding hydrogens is 382 g/mol. The number of amides is 2. The molecule has 2 aromatic carbocycles. The van der Waals surface area contributed by atoms with Gasteiger partial charge in [0.05, 0.1) is 6.54 Å². The molecule has 4 rings (SSSR count). The lowest BCUT2D eigenvalue weighted by Gasteiger charge is -2.33. The molecule has 2 aromatic rings. The molecule has 2 aliphatic rings. The molecule has 7 nitrogen and oxygen atoms in total. The Balaban J connectivity index is 1.22. The lowest BCUT2D eigenvalue weighted by molar-refractivity contribution is -0.114. The number of carbonyl (C=O) groups is 2. The Hall–Kier alpha value is -3.06. The monoisotopic (exact) mass is 409 g/mol. The normalized spacial score (nSPS) is 20.1. The highest BCUT2D eigenvalue weighted by Gasteiger charge is 2.34. The number of likely N-dealkylation sites (tertiary alicyclic amines) is 1. The van der Waals surface area contributed by atoms with Crippen LogP contribution < -0.4 is 15.0 Å². The lowest BCUT2D eigenvalue weighted by atomic mass is 10.1. The zero-order valence-electron chi connectivity index (χ0n) is 17.1. The molecule has 7 heteroatoms. The van der Waals surface area contributed by atoms with Crippen LogP contribution in [0.2, 0.25) is 0 Å². The number of para-hydroxylation sites is 1. The van der Waals surface area contributed by atoms with Crippen molar-refractivity contribution in [3.05, 3.63) is 54.6 Å². The fraction of sp³-hybridized carbons (Fsp3) is 0.391. The maximum absolute atomic E-state index is 12.2. The number of cyclic esters (lactones) is 1. The molecule has 1 N–H and O–H groups in total. The first-order valence-electron chi connectivity index (χ1n) is 10.4. The Morgan fingerprint density at radius 1 is 1.10 bits per heavy atom. The van der Waals surface area contributed by atoms with Crippen LogP contribution in [0.15, 0.2) is 54.6 Å². The van der Waals surface area contributed by atoms with Gasteiger partial charge in [-0.15, -0.1) is 0 Å². The van der Waals surface area contributed by atoms with E-state index in [4.69, 9.17) is 9.47 Å². The average Bonchev–Trinajstić information content (AvgIpc) is 3.11. The SMILES string of the molecule is CC(=O)Nc1ccc(OC2CCN(C[C@H]3CN(c4ccccc4)C(=O)O3)CC2)cc1. The van der Waals surface area contributed by atoms with Crippen molar-refractivity contribution in [3.8, 4) is 5.75 Å². The molecular formula is C23H27N3O4. The number of rotatable bonds is 6. The summed E-state index contributed by atoms with van der Waals surface area (Å²) in [4.78, 5) is 27.3. The fourth-order valence-electron chi connectivity index (χ4n) is 3.95. The number of piperidine rings is 1. The number of hydrogen-bond acceptors (Lipinski definition) is 5. The number of nitrogens with zero attached hydrogens (tertiary/aromatic N) is 2. The quantitative estimate of drug-likeness (QED) is 0.791. The van der Waals surface area contributed by atoms with Gasteiger partial charge in [0.2, 0.25) is 5.91 Å². The Morgan fingerprint density at radius 3 is 2.47 bits per heavy atom. The molecule has 0 saturated carbocycles. The molecule has 0 aromatic heterocycles. The van der Waals surface area contributed by atoms with E-state index in [-0.39, 0.29) is 24.2 Å². The molecule has 30 heavy (non-hydrogen) atoms. The first-order valence-corrected chi connectivity index (χ1v) is 10.4. The fourth-order valence-corrected chi connectivity index (χ4v) is 3.95. The lowest BCUT2D eigenvalue weighted by Crippen LogP contribution is -2.42. The van der Waals surface area contributed by atoms with Gasteiger partial charge < -0.3 is 14.8 Å². The van der Waals surface area contributed by atoms with Crippen LogP contribution in [0.1, 0.15) is 19.8 Å². The Kier molecular flexibility index (Phi) is 6.18. The third-order valence-corrected chi connectivity index (χ3v) is 5.42. The van der Waals surface area contributed by atoms with Crippen LogP contribution in [0.4, 0.5) is 16.2 Å². The third kappa shape index (κ3) is 5.10. The molecule has 2 heterocycles. The van der Waals surface area contributed by atoms with Crippen molar-refractivity contribution in [2.75, 3.05) is 36.4 Å². The van der Waals surface area contributed by atoms with Crippen LogP contribution in [0.3, 0.4) is 0 Å². The van der Waals surface area contributed by atoms with E-state index in [1.54, 1.807) is 4.90 Å². The van der Waals surface area contributed by atoms with E-state index in [2.05, 4.69) is 10.2 Å². The largest absolute Gasteiger partial charge is 0.490 e. The van der Waals surface area contributed by atoms with Gasteiger partial charge in [-0.05, 0) is 49.2 Å². The first-order chi connectivity index (χ1) is 14.6. The second-order valence-electron chi connectivity index (χ2n) is 7.78. The van der Waals surface area contributed by atoms with Gasteiger partial charge in [0, 0.05) is 37.9 Å². The summed E-state index contributed by atoms with van der Waals surface area (Å²) < 4.78 is 11.7. The van der Waals surface area contributed by atoms with Gasteiger partial charge in [0.15, 0.2) is 0 Å². The number of carbonyl (C=O) groups excluding carboxylic acids is 2. The molecule has 0 radical (unpaired) electrons. The number of benzene rings is 2. The molecule has 0 spiro atoms. The van der Waals surface area contributed by atoms with Crippen LogP contribution in [-0.4, -0.2) is 55.3 Å². The van der Waals surface area contributed by atoms with Gasteiger partial charge >= 0.3 is 6.09 Å². The van der Waals surface area contributed by atoms with Crippen molar-refractivity contribution in [1.82, 2.24) is 4.90 Å². The second kappa shape index (κ2) is 9.17. The average molecular weight is 409 g/mol. The zero-order valence-corrected chi connectivity index (χ0v) is 17.1. The zero-order chi connectivity index (χ0) is 20.9. The Morgan fingerprint density at radius 2 is 1.80 bits per heavy atom. The molecule has 158 valence electrons. The van der Waals surface area contributed by atoms with Crippen molar-refractivity contribution in [2.45, 2.75) is 32.0 Å². The van der Waals surface area contributed by atoms with E-state index in [1.165, 1.54) is 6.92 Å². The summed E-state index contributed by atoms with van der Waals surface area (Å²) in [5.74, 6) is 0.724. The molecule has 2 aliphatic heterocycles. The smallest absolute Gasteiger partial charge is 0.414 e. The third-order valence-electron chi connectivity index (χ3n) is 5.42. The van der Waals surface area contributed by atoms with E-state index in [1.807, 2.05) is 54.6 Å². The van der Waals surface area contributed by atoms with E-state index in [0.717, 1.165) is 49.6 Å². The molecule has 1 atom stereocenters. The van der Waals surface area contributed by atoms with E-state index in [9.17, 15) is 9.59 Å². The number of hydrogen-bond donors (Lipinski definition) is 1. The Bertz CT molecular complexity index is 864. The van der Waals surface area contributed by atoms with Crippen molar-refractivity contribution >= 4 is 23.4 Å². The second-order valence-corrected chi connectivity index (χ2v) is 7.78. The van der Waals surface area contributed by atoms with Gasteiger partial charge in [-0.3, -0.25) is 14.6 Å². The van der Waals surface area contributed by atoms with Gasteiger partial charge in [-0.1, -0.05) is 18.2 Å². The highest BCUT2D eigenvalue weighted by Crippen LogP contribution is 2.24. The van der Waals surface area contributed by atoms with Crippen molar-refractivity contribution in [2.24, 2.45) is 0 Å². The van der Waals surface area contributed by atoms with Crippen molar-refractivity contribution in [3.63, 3.8) is 0 Å². The van der Waals surface area contributed by atoms with Crippen LogP contribution >= 0.6 is 0 Å². The van der Waals surface area contributed by atoms with Gasteiger partial charge in [-0.2, -0.15) is 0 Å².